The minimum absolute atomic E-state index is 0.0350. The van der Waals surface area contributed by atoms with E-state index in [1.54, 1.807) is 0 Å². The molecule has 0 aliphatic carbocycles. The molecule has 0 atom stereocenters. The minimum atomic E-state index is -0.837. The number of carbonyl (C=O) groups excluding carboxylic acids is 1. The molecule has 0 heterocycles. The normalized spacial score (nSPS) is 11.4. The molecule has 0 aliphatic heterocycles. The number of ether oxygens (including phenoxy) is 1. The van der Waals surface area contributed by atoms with Crippen molar-refractivity contribution < 1.29 is 19.4 Å². The number of carboxylic acids is 1. The van der Waals surface area contributed by atoms with Gasteiger partial charge in [0.25, 0.3) is 0 Å². The van der Waals surface area contributed by atoms with Crippen LogP contribution in [-0.2, 0) is 14.3 Å². The topological polar surface area (TPSA) is 63.6 Å². The van der Waals surface area contributed by atoms with Crippen molar-refractivity contribution in [3.63, 3.8) is 0 Å². The summed E-state index contributed by atoms with van der Waals surface area (Å²) in [5.41, 5.74) is -0.382. The molecule has 1 N–H and O–H groups in total. The second kappa shape index (κ2) is 5.75. The number of rotatable bonds is 6. The monoisotopic (exact) mass is 202 g/mol. The zero-order valence-corrected chi connectivity index (χ0v) is 9.00. The van der Waals surface area contributed by atoms with Gasteiger partial charge in [-0.2, -0.15) is 0 Å². The Labute approximate surface area is 84.3 Å². The van der Waals surface area contributed by atoms with E-state index >= 15 is 0 Å². The molecule has 4 nitrogen and oxygen atoms in total. The summed E-state index contributed by atoms with van der Waals surface area (Å²) in [6, 6.07) is 0. The molecule has 0 aromatic rings. The lowest BCUT2D eigenvalue weighted by molar-refractivity contribution is -0.137. The number of aliphatic carboxylic acids is 1. The first-order valence-corrected chi connectivity index (χ1v) is 4.67. The molecule has 0 aromatic carbocycles. The molecular formula is C10H18O4. The van der Waals surface area contributed by atoms with Gasteiger partial charge >= 0.3 is 5.97 Å². The van der Waals surface area contributed by atoms with Crippen molar-refractivity contribution in [1.29, 1.82) is 0 Å². The van der Waals surface area contributed by atoms with Crippen LogP contribution in [0.5, 0.6) is 0 Å². The summed E-state index contributed by atoms with van der Waals surface area (Å²) in [5.74, 6) is -0.802. The fourth-order valence-corrected chi connectivity index (χ4v) is 0.707. The van der Waals surface area contributed by atoms with E-state index in [0.717, 1.165) is 0 Å². The van der Waals surface area contributed by atoms with Gasteiger partial charge in [0, 0.05) is 18.4 Å². The van der Waals surface area contributed by atoms with Crippen LogP contribution in [0.4, 0.5) is 0 Å². The number of Topliss-reactive ketones (excluding diaryl/α,β-unsaturated/α-hetero) is 1. The molecule has 82 valence electrons. The number of carboxylic acid groups (broad SMARTS) is 1. The predicted molar refractivity (Wildman–Crippen MR) is 52.2 cm³/mol. The standard InChI is InChI=1S/C10H18O4/c1-10(2,3)8(11)7-14-6-4-5-9(12)13/h4-7H2,1-3H3,(H,12,13). The average Bonchev–Trinajstić information content (AvgIpc) is 2.01. The quantitative estimate of drug-likeness (QED) is 0.663. The van der Waals surface area contributed by atoms with Crippen LogP contribution in [0, 0.1) is 5.41 Å². The highest BCUT2D eigenvalue weighted by atomic mass is 16.5. The maximum absolute atomic E-state index is 11.3. The van der Waals surface area contributed by atoms with E-state index in [1.807, 2.05) is 20.8 Å². The molecule has 0 spiro atoms. The molecule has 0 rings (SSSR count). The van der Waals surface area contributed by atoms with Crippen LogP contribution in [-0.4, -0.2) is 30.1 Å². The van der Waals surface area contributed by atoms with E-state index in [2.05, 4.69) is 0 Å². The highest BCUT2D eigenvalue weighted by Gasteiger charge is 2.20. The molecule has 0 radical (unpaired) electrons. The highest BCUT2D eigenvalue weighted by molar-refractivity contribution is 5.84. The summed E-state index contributed by atoms with van der Waals surface area (Å²) < 4.78 is 5.06. The summed E-state index contributed by atoms with van der Waals surface area (Å²) >= 11 is 0. The summed E-state index contributed by atoms with van der Waals surface area (Å²) in [6.07, 6.45) is 0.538. The third-order valence-corrected chi connectivity index (χ3v) is 1.75. The molecule has 0 saturated heterocycles. The van der Waals surface area contributed by atoms with Gasteiger partial charge in [0.15, 0.2) is 5.78 Å². The Bertz CT molecular complexity index is 203. The molecule has 0 aromatic heterocycles. The Balaban J connectivity index is 3.46. The molecular weight excluding hydrogens is 184 g/mol. The second-order valence-electron chi connectivity index (χ2n) is 4.22. The fraction of sp³-hybridized carbons (Fsp3) is 0.800. The van der Waals surface area contributed by atoms with Crippen LogP contribution in [0.15, 0.2) is 0 Å². The van der Waals surface area contributed by atoms with Gasteiger partial charge in [-0.3, -0.25) is 9.59 Å². The summed E-state index contributed by atoms with van der Waals surface area (Å²) in [4.78, 5) is 21.5. The average molecular weight is 202 g/mol. The minimum Gasteiger partial charge on any atom is -0.481 e. The third kappa shape index (κ3) is 6.60. The van der Waals surface area contributed by atoms with Crippen LogP contribution < -0.4 is 0 Å². The molecule has 4 heteroatoms. The van der Waals surface area contributed by atoms with Crippen molar-refractivity contribution in [3.8, 4) is 0 Å². The highest BCUT2D eigenvalue weighted by Crippen LogP contribution is 2.14. The summed E-state index contributed by atoms with van der Waals surface area (Å²) in [7, 11) is 0. The van der Waals surface area contributed by atoms with Crippen molar-refractivity contribution in [3.05, 3.63) is 0 Å². The van der Waals surface area contributed by atoms with Crippen LogP contribution in [0.1, 0.15) is 33.6 Å². The Kier molecular flexibility index (Phi) is 5.38. The van der Waals surface area contributed by atoms with Crippen LogP contribution >= 0.6 is 0 Å². The predicted octanol–water partition coefficient (Wildman–Crippen LogP) is 1.48. The van der Waals surface area contributed by atoms with E-state index in [1.165, 1.54) is 0 Å². The fourth-order valence-electron chi connectivity index (χ4n) is 0.707. The number of carbonyl (C=O) groups is 2. The van der Waals surface area contributed by atoms with Gasteiger partial charge < -0.3 is 9.84 Å². The Morgan fingerprint density at radius 1 is 1.29 bits per heavy atom. The Morgan fingerprint density at radius 3 is 2.29 bits per heavy atom. The molecule has 0 bridgehead atoms. The van der Waals surface area contributed by atoms with E-state index in [-0.39, 0.29) is 24.2 Å². The number of hydrogen-bond acceptors (Lipinski definition) is 3. The van der Waals surface area contributed by atoms with Crippen molar-refractivity contribution in [2.24, 2.45) is 5.41 Å². The molecule has 0 aliphatic rings. The van der Waals surface area contributed by atoms with Gasteiger partial charge in [0.2, 0.25) is 0 Å². The van der Waals surface area contributed by atoms with E-state index in [0.29, 0.717) is 13.0 Å². The summed E-state index contributed by atoms with van der Waals surface area (Å²) in [5, 5.41) is 8.33. The lowest BCUT2D eigenvalue weighted by Crippen LogP contribution is -2.25. The lowest BCUT2D eigenvalue weighted by Gasteiger charge is -2.16. The Morgan fingerprint density at radius 2 is 1.86 bits per heavy atom. The van der Waals surface area contributed by atoms with E-state index < -0.39 is 5.97 Å². The first-order chi connectivity index (χ1) is 6.34. The Hall–Kier alpha value is -0.900. The van der Waals surface area contributed by atoms with Crippen molar-refractivity contribution in [2.75, 3.05) is 13.2 Å². The zero-order valence-electron chi connectivity index (χ0n) is 9.00. The number of ketones is 1. The van der Waals surface area contributed by atoms with Gasteiger partial charge in [0.05, 0.1) is 0 Å². The lowest BCUT2D eigenvalue weighted by atomic mass is 9.91. The van der Waals surface area contributed by atoms with Gasteiger partial charge in [0.1, 0.15) is 6.61 Å². The summed E-state index contributed by atoms with van der Waals surface area (Å²) in [6.45, 7) is 5.89. The molecule has 0 fully saturated rings. The maximum atomic E-state index is 11.3. The first-order valence-electron chi connectivity index (χ1n) is 4.67. The van der Waals surface area contributed by atoms with Gasteiger partial charge in [-0.25, -0.2) is 0 Å². The molecule has 0 amide bonds. The van der Waals surface area contributed by atoms with Crippen LogP contribution in [0.2, 0.25) is 0 Å². The smallest absolute Gasteiger partial charge is 0.303 e. The molecule has 14 heavy (non-hydrogen) atoms. The first kappa shape index (κ1) is 13.1. The maximum Gasteiger partial charge on any atom is 0.303 e. The van der Waals surface area contributed by atoms with Crippen LogP contribution in [0.3, 0.4) is 0 Å². The molecule has 0 unspecified atom stereocenters. The van der Waals surface area contributed by atoms with Gasteiger partial charge in [-0.1, -0.05) is 20.8 Å². The van der Waals surface area contributed by atoms with Crippen molar-refractivity contribution in [1.82, 2.24) is 0 Å². The van der Waals surface area contributed by atoms with E-state index in [9.17, 15) is 9.59 Å². The van der Waals surface area contributed by atoms with Crippen molar-refractivity contribution in [2.45, 2.75) is 33.6 Å². The van der Waals surface area contributed by atoms with E-state index in [4.69, 9.17) is 9.84 Å². The molecule has 0 saturated carbocycles. The largest absolute Gasteiger partial charge is 0.481 e. The SMILES string of the molecule is CC(C)(C)C(=O)COCCCC(=O)O. The van der Waals surface area contributed by atoms with Crippen LogP contribution in [0.25, 0.3) is 0 Å². The number of hydrogen-bond donors (Lipinski definition) is 1. The van der Waals surface area contributed by atoms with Gasteiger partial charge in [-0.05, 0) is 6.42 Å². The van der Waals surface area contributed by atoms with Gasteiger partial charge in [-0.15, -0.1) is 0 Å². The zero-order chi connectivity index (χ0) is 11.2. The third-order valence-electron chi connectivity index (χ3n) is 1.75. The second-order valence-corrected chi connectivity index (χ2v) is 4.22. The van der Waals surface area contributed by atoms with Crippen molar-refractivity contribution >= 4 is 11.8 Å².